The van der Waals surface area contributed by atoms with Gasteiger partial charge in [0.15, 0.2) is 11.5 Å². The fourth-order valence-electron chi connectivity index (χ4n) is 1.81. The maximum absolute atomic E-state index is 11.8. The molecule has 1 saturated heterocycles. The number of carbonyl (C=O) groups is 2. The van der Waals surface area contributed by atoms with Gasteiger partial charge >= 0.3 is 11.9 Å². The van der Waals surface area contributed by atoms with Crippen LogP contribution in [0.4, 0.5) is 0 Å². The monoisotopic (exact) mass is 278 g/mol. The molecule has 0 aromatic heterocycles. The Morgan fingerprint density at radius 1 is 1.20 bits per heavy atom. The largest absolute Gasteiger partial charge is 0.504 e. The number of hydrogen-bond acceptors (Lipinski definition) is 6. The number of carbonyl (C=O) groups excluding carboxylic acids is 2. The molecule has 2 rings (SSSR count). The first-order valence-electron chi connectivity index (χ1n) is 5.88. The summed E-state index contributed by atoms with van der Waals surface area (Å²) in [7, 11) is 1.37. The molecule has 0 amide bonds. The molecule has 1 aliphatic rings. The van der Waals surface area contributed by atoms with Gasteiger partial charge in [0.1, 0.15) is 5.57 Å². The predicted octanol–water partition coefficient (Wildman–Crippen LogP) is 1.62. The normalized spacial score (nSPS) is 17.2. The highest BCUT2D eigenvalue weighted by molar-refractivity contribution is 6.19. The molecule has 106 valence electrons. The van der Waals surface area contributed by atoms with Gasteiger partial charge in [0, 0.05) is 19.4 Å². The van der Waals surface area contributed by atoms with Crippen molar-refractivity contribution in [2.24, 2.45) is 0 Å². The van der Waals surface area contributed by atoms with Gasteiger partial charge in [-0.3, -0.25) is 0 Å². The zero-order valence-corrected chi connectivity index (χ0v) is 11.3. The second-order valence-corrected chi connectivity index (χ2v) is 4.64. The SMILES string of the molecule is COc1c(O)cccc1C=C1C(=O)OC(C)(C)OC1=O. The number of cyclic esters (lactones) is 2. The minimum Gasteiger partial charge on any atom is -0.504 e. The molecule has 6 heteroatoms. The van der Waals surface area contributed by atoms with Crippen LogP contribution in [0.1, 0.15) is 19.4 Å². The first-order valence-corrected chi connectivity index (χ1v) is 5.88. The smallest absolute Gasteiger partial charge is 0.348 e. The zero-order chi connectivity index (χ0) is 14.9. The topological polar surface area (TPSA) is 82.1 Å². The van der Waals surface area contributed by atoms with Crippen LogP contribution < -0.4 is 4.74 Å². The Morgan fingerprint density at radius 2 is 1.80 bits per heavy atom. The van der Waals surface area contributed by atoms with E-state index < -0.39 is 17.7 Å². The Labute approximate surface area is 115 Å². The van der Waals surface area contributed by atoms with E-state index in [1.54, 1.807) is 12.1 Å². The summed E-state index contributed by atoms with van der Waals surface area (Å²) in [6, 6.07) is 4.58. The van der Waals surface area contributed by atoms with Crippen molar-refractivity contribution in [2.45, 2.75) is 19.6 Å². The number of ether oxygens (including phenoxy) is 3. The van der Waals surface area contributed by atoms with Crippen LogP contribution in [-0.2, 0) is 19.1 Å². The van der Waals surface area contributed by atoms with Gasteiger partial charge in [-0.2, -0.15) is 0 Å². The highest BCUT2D eigenvalue weighted by atomic mass is 16.7. The Bertz CT molecular complexity index is 578. The molecular formula is C14H14O6. The average molecular weight is 278 g/mol. The summed E-state index contributed by atoms with van der Waals surface area (Å²) >= 11 is 0. The maximum Gasteiger partial charge on any atom is 0.348 e. The average Bonchev–Trinajstić information content (AvgIpc) is 2.32. The van der Waals surface area contributed by atoms with Crippen LogP contribution in [0.25, 0.3) is 6.08 Å². The molecule has 0 saturated carbocycles. The molecule has 1 aliphatic heterocycles. The van der Waals surface area contributed by atoms with Crippen molar-refractivity contribution in [1.82, 2.24) is 0 Å². The number of phenols is 1. The van der Waals surface area contributed by atoms with Gasteiger partial charge in [-0.15, -0.1) is 0 Å². The number of hydrogen-bond donors (Lipinski definition) is 1. The van der Waals surface area contributed by atoms with Crippen LogP contribution in [0.15, 0.2) is 23.8 Å². The first kappa shape index (κ1) is 13.9. The molecule has 0 unspecified atom stereocenters. The van der Waals surface area contributed by atoms with Crippen LogP contribution in [0.3, 0.4) is 0 Å². The summed E-state index contributed by atoms with van der Waals surface area (Å²) in [4.78, 5) is 23.6. The van der Waals surface area contributed by atoms with Crippen LogP contribution in [0.5, 0.6) is 11.5 Å². The molecule has 6 nitrogen and oxygen atoms in total. The van der Waals surface area contributed by atoms with Gasteiger partial charge in [-0.25, -0.2) is 9.59 Å². The predicted molar refractivity (Wildman–Crippen MR) is 68.9 cm³/mol. The Hall–Kier alpha value is -2.50. The van der Waals surface area contributed by atoms with E-state index in [0.29, 0.717) is 5.56 Å². The van der Waals surface area contributed by atoms with E-state index >= 15 is 0 Å². The molecule has 1 fully saturated rings. The first-order chi connectivity index (χ1) is 9.34. The van der Waals surface area contributed by atoms with E-state index in [1.807, 2.05) is 0 Å². The van der Waals surface area contributed by atoms with Crippen LogP contribution in [0.2, 0.25) is 0 Å². The lowest BCUT2D eigenvalue weighted by Gasteiger charge is -2.29. The maximum atomic E-state index is 11.8. The van der Waals surface area contributed by atoms with E-state index in [2.05, 4.69) is 0 Å². The summed E-state index contributed by atoms with van der Waals surface area (Å²) < 4.78 is 15.0. The number of esters is 2. The van der Waals surface area contributed by atoms with Crippen molar-refractivity contribution in [3.8, 4) is 11.5 Å². The van der Waals surface area contributed by atoms with E-state index in [9.17, 15) is 14.7 Å². The molecule has 0 radical (unpaired) electrons. The van der Waals surface area contributed by atoms with Crippen LogP contribution in [-0.4, -0.2) is 29.9 Å². The number of aromatic hydroxyl groups is 1. The molecule has 1 aromatic rings. The third-order valence-corrected chi connectivity index (χ3v) is 2.65. The quantitative estimate of drug-likeness (QED) is 0.503. The molecule has 1 N–H and O–H groups in total. The van der Waals surface area contributed by atoms with Gasteiger partial charge in [0.2, 0.25) is 0 Å². The van der Waals surface area contributed by atoms with Crippen LogP contribution >= 0.6 is 0 Å². The lowest BCUT2D eigenvalue weighted by Crippen LogP contribution is -2.41. The molecule has 20 heavy (non-hydrogen) atoms. The van der Waals surface area contributed by atoms with Crippen molar-refractivity contribution in [2.75, 3.05) is 7.11 Å². The number of phenolic OH excluding ortho intramolecular Hbond substituents is 1. The molecule has 0 bridgehead atoms. The van der Waals surface area contributed by atoms with E-state index in [0.717, 1.165) is 0 Å². The molecule has 0 spiro atoms. The molecular weight excluding hydrogens is 264 g/mol. The van der Waals surface area contributed by atoms with Crippen molar-refractivity contribution < 1.29 is 28.9 Å². The van der Waals surface area contributed by atoms with Crippen molar-refractivity contribution >= 4 is 18.0 Å². The van der Waals surface area contributed by atoms with Crippen molar-refractivity contribution in [3.05, 3.63) is 29.3 Å². The van der Waals surface area contributed by atoms with Gasteiger partial charge in [-0.1, -0.05) is 12.1 Å². The zero-order valence-electron chi connectivity index (χ0n) is 11.3. The highest BCUT2D eigenvalue weighted by Gasteiger charge is 2.39. The lowest BCUT2D eigenvalue weighted by atomic mass is 10.1. The minimum absolute atomic E-state index is 0.0975. The summed E-state index contributed by atoms with van der Waals surface area (Å²) in [5, 5.41) is 9.65. The Balaban J connectivity index is 2.44. The Kier molecular flexibility index (Phi) is 3.40. The molecule has 1 aromatic carbocycles. The van der Waals surface area contributed by atoms with Gasteiger partial charge in [-0.05, 0) is 12.1 Å². The second kappa shape index (κ2) is 4.88. The van der Waals surface area contributed by atoms with Crippen LogP contribution in [0, 0.1) is 0 Å². The van der Waals surface area contributed by atoms with Crippen molar-refractivity contribution in [3.63, 3.8) is 0 Å². The van der Waals surface area contributed by atoms with E-state index in [-0.39, 0.29) is 17.1 Å². The van der Waals surface area contributed by atoms with Gasteiger partial charge in [0.05, 0.1) is 7.11 Å². The number of methoxy groups -OCH3 is 1. The fraction of sp³-hybridized carbons (Fsp3) is 0.286. The molecule has 0 aliphatic carbocycles. The highest BCUT2D eigenvalue weighted by Crippen LogP contribution is 2.32. The number of rotatable bonds is 2. The standard InChI is InChI=1S/C14H14O6/c1-14(2)19-12(16)9(13(17)20-14)7-8-5-4-6-10(15)11(8)18-3/h4-7,15H,1-3H3. The molecule has 0 atom stereocenters. The van der Waals surface area contributed by atoms with E-state index in [1.165, 1.54) is 33.1 Å². The van der Waals surface area contributed by atoms with Gasteiger partial charge in [0.25, 0.3) is 5.79 Å². The van der Waals surface area contributed by atoms with Gasteiger partial charge < -0.3 is 19.3 Å². The summed E-state index contributed by atoms with van der Waals surface area (Å²) in [6.07, 6.45) is 1.26. The lowest BCUT2D eigenvalue weighted by molar-refractivity contribution is -0.222. The minimum atomic E-state index is -1.28. The summed E-state index contributed by atoms with van der Waals surface area (Å²) in [6.45, 7) is 2.93. The second-order valence-electron chi connectivity index (χ2n) is 4.64. The number of para-hydroxylation sites is 1. The van der Waals surface area contributed by atoms with Crippen molar-refractivity contribution in [1.29, 1.82) is 0 Å². The summed E-state index contributed by atoms with van der Waals surface area (Å²) in [5.74, 6) is -2.78. The summed E-state index contributed by atoms with van der Waals surface area (Å²) in [5.41, 5.74) is 0.115. The number of benzene rings is 1. The van der Waals surface area contributed by atoms with E-state index in [4.69, 9.17) is 14.2 Å². The molecule has 1 heterocycles. The fourth-order valence-corrected chi connectivity index (χ4v) is 1.81. The Morgan fingerprint density at radius 3 is 2.35 bits per heavy atom. The third-order valence-electron chi connectivity index (χ3n) is 2.65. The third kappa shape index (κ3) is 2.59.